The smallest absolute Gasteiger partial charge is 0.234 e. The van der Waals surface area contributed by atoms with Crippen molar-refractivity contribution in [2.75, 3.05) is 0 Å². The average Bonchev–Trinajstić information content (AvgIpc) is 1.36. The van der Waals surface area contributed by atoms with Crippen LogP contribution in [0.2, 0.25) is 0 Å². The Balaban J connectivity index is 3.26. The fraction of sp³-hybridized carbons (Fsp3) is 1.00. The van der Waals surface area contributed by atoms with E-state index in [0.29, 0.717) is 0 Å². The van der Waals surface area contributed by atoms with Gasteiger partial charge in [-0.1, -0.05) is 11.6 Å². The average molecular weight is 132 g/mol. The van der Waals surface area contributed by atoms with Crippen molar-refractivity contribution in [1.29, 1.82) is 0 Å². The molecular weight excluding hydrogens is 131 g/mol. The SMILES string of the molecule is O=S([O-])C(F)Cl. The molecule has 0 heterocycles. The molecule has 0 saturated heterocycles. The van der Waals surface area contributed by atoms with E-state index in [2.05, 4.69) is 11.6 Å². The summed E-state index contributed by atoms with van der Waals surface area (Å²) in [6, 6.07) is 0. The van der Waals surface area contributed by atoms with Crippen LogP contribution in [0.5, 0.6) is 0 Å². The standard InChI is InChI=1S/CH2ClFO2S/c2-1(3)6(4)5/h1H,(H,4,5)/p-1. The Morgan fingerprint density at radius 1 is 2.00 bits per heavy atom. The first kappa shape index (κ1) is 6.33. The molecule has 38 valence electrons. The van der Waals surface area contributed by atoms with Crippen LogP contribution in [0.1, 0.15) is 0 Å². The molecule has 0 aromatic carbocycles. The summed E-state index contributed by atoms with van der Waals surface area (Å²) >= 11 is 1.56. The molecule has 0 aromatic rings. The van der Waals surface area contributed by atoms with E-state index in [1.807, 2.05) is 0 Å². The van der Waals surface area contributed by atoms with E-state index in [9.17, 15) is 13.2 Å². The second kappa shape index (κ2) is 2.49. The van der Waals surface area contributed by atoms with E-state index in [1.54, 1.807) is 0 Å². The Labute approximate surface area is 41.6 Å². The summed E-state index contributed by atoms with van der Waals surface area (Å²) < 4.78 is 29.4. The molecule has 0 aliphatic rings. The maximum atomic E-state index is 11.0. The number of hydrogen-bond donors (Lipinski definition) is 0. The van der Waals surface area contributed by atoms with Gasteiger partial charge in [-0.05, 0) is 11.1 Å². The molecule has 0 bridgehead atoms. The van der Waals surface area contributed by atoms with Crippen molar-refractivity contribution in [3.05, 3.63) is 0 Å². The fourth-order valence-electron chi connectivity index (χ4n) is 0. The van der Waals surface area contributed by atoms with Gasteiger partial charge in [0, 0.05) is 0 Å². The third-order valence-corrected chi connectivity index (χ3v) is 0.873. The molecule has 0 rings (SSSR count). The highest BCUT2D eigenvalue weighted by Gasteiger charge is 1.94. The third-order valence-electron chi connectivity index (χ3n) is 0.145. The Morgan fingerprint density at radius 3 is 2.17 bits per heavy atom. The lowest BCUT2D eigenvalue weighted by molar-refractivity contribution is 0.472. The molecule has 0 aromatic heterocycles. The van der Waals surface area contributed by atoms with Crippen LogP contribution >= 0.6 is 11.6 Å². The Hall–Kier alpha value is 0.330. The quantitative estimate of drug-likeness (QED) is 0.381. The Morgan fingerprint density at radius 2 is 2.17 bits per heavy atom. The van der Waals surface area contributed by atoms with E-state index in [-0.39, 0.29) is 0 Å². The van der Waals surface area contributed by atoms with Gasteiger partial charge < -0.3 is 4.55 Å². The number of hydrogen-bond acceptors (Lipinski definition) is 2. The molecule has 6 heavy (non-hydrogen) atoms. The summed E-state index contributed by atoms with van der Waals surface area (Å²) in [6.45, 7) is 0. The van der Waals surface area contributed by atoms with Crippen molar-refractivity contribution in [1.82, 2.24) is 0 Å². The normalized spacial score (nSPS) is 19.8. The molecule has 2 unspecified atom stereocenters. The summed E-state index contributed by atoms with van der Waals surface area (Å²) in [5.74, 6) is 0. The van der Waals surface area contributed by atoms with Gasteiger partial charge in [0.2, 0.25) is 4.96 Å². The van der Waals surface area contributed by atoms with Crippen LogP contribution in [0.25, 0.3) is 0 Å². The van der Waals surface area contributed by atoms with Gasteiger partial charge in [-0.3, -0.25) is 4.21 Å². The van der Waals surface area contributed by atoms with Gasteiger partial charge in [0.1, 0.15) is 0 Å². The summed E-state index contributed by atoms with van der Waals surface area (Å²) in [5, 5.41) is 0. The molecule has 0 saturated carbocycles. The second-order valence-corrected chi connectivity index (χ2v) is 2.10. The van der Waals surface area contributed by atoms with Crippen LogP contribution in [-0.2, 0) is 11.1 Å². The summed E-state index contributed by atoms with van der Waals surface area (Å²) in [5.41, 5.74) is 0. The molecule has 0 aliphatic heterocycles. The first-order valence-electron chi connectivity index (χ1n) is 1.01. The molecule has 0 radical (unpaired) electrons. The van der Waals surface area contributed by atoms with Gasteiger partial charge in [-0.25, -0.2) is 4.39 Å². The number of rotatable bonds is 1. The minimum Gasteiger partial charge on any atom is -0.769 e. The van der Waals surface area contributed by atoms with Gasteiger partial charge in [0.25, 0.3) is 0 Å². The van der Waals surface area contributed by atoms with Crippen molar-refractivity contribution < 1.29 is 13.2 Å². The highest BCUT2D eigenvalue weighted by Crippen LogP contribution is 1.98. The van der Waals surface area contributed by atoms with Crippen LogP contribution in [-0.4, -0.2) is 13.7 Å². The zero-order chi connectivity index (χ0) is 5.15. The predicted octanol–water partition coefficient (Wildman–Crippen LogP) is 0.357. The molecular formula is CHClFO2S-. The largest absolute Gasteiger partial charge is 0.769 e. The molecule has 0 fully saturated rings. The topological polar surface area (TPSA) is 40.1 Å². The summed E-state index contributed by atoms with van der Waals surface area (Å²) in [4.78, 5) is -2.26. The lowest BCUT2D eigenvalue weighted by Crippen LogP contribution is -1.96. The first-order valence-corrected chi connectivity index (χ1v) is 2.58. The Kier molecular flexibility index (Phi) is 2.63. The van der Waals surface area contributed by atoms with Crippen molar-refractivity contribution in [2.24, 2.45) is 0 Å². The summed E-state index contributed by atoms with van der Waals surface area (Å²) in [6.07, 6.45) is 0. The maximum absolute atomic E-state index is 11.0. The summed E-state index contributed by atoms with van der Waals surface area (Å²) in [7, 11) is 0. The first-order chi connectivity index (χ1) is 2.64. The molecule has 0 spiro atoms. The minimum absolute atomic E-state index is 2.26. The minimum atomic E-state index is -2.77. The highest BCUT2D eigenvalue weighted by molar-refractivity contribution is 7.81. The van der Waals surface area contributed by atoms with Crippen molar-refractivity contribution in [3.8, 4) is 0 Å². The van der Waals surface area contributed by atoms with Crippen LogP contribution < -0.4 is 0 Å². The van der Waals surface area contributed by atoms with Crippen LogP contribution in [0, 0.1) is 0 Å². The van der Waals surface area contributed by atoms with Crippen molar-refractivity contribution in [2.45, 2.75) is 4.96 Å². The molecule has 2 nitrogen and oxygen atoms in total. The monoisotopic (exact) mass is 131 g/mol. The fourth-order valence-corrected chi connectivity index (χ4v) is 0. The molecule has 5 heteroatoms. The van der Waals surface area contributed by atoms with E-state index < -0.39 is 16.0 Å². The van der Waals surface area contributed by atoms with Gasteiger partial charge in [0.15, 0.2) is 0 Å². The van der Waals surface area contributed by atoms with Gasteiger partial charge >= 0.3 is 0 Å². The maximum Gasteiger partial charge on any atom is 0.234 e. The van der Waals surface area contributed by atoms with Crippen molar-refractivity contribution >= 4 is 22.7 Å². The van der Waals surface area contributed by atoms with Crippen LogP contribution in [0.3, 0.4) is 0 Å². The lowest BCUT2D eigenvalue weighted by Gasteiger charge is -1.99. The molecule has 2 atom stereocenters. The zero-order valence-electron chi connectivity index (χ0n) is 2.56. The number of halogens is 2. The van der Waals surface area contributed by atoms with E-state index >= 15 is 0 Å². The van der Waals surface area contributed by atoms with E-state index in [0.717, 1.165) is 0 Å². The van der Waals surface area contributed by atoms with Crippen molar-refractivity contribution in [3.63, 3.8) is 0 Å². The molecule has 0 aliphatic carbocycles. The highest BCUT2D eigenvalue weighted by atomic mass is 35.5. The predicted molar refractivity (Wildman–Crippen MR) is 19.7 cm³/mol. The van der Waals surface area contributed by atoms with Gasteiger partial charge in [-0.15, -0.1) is 0 Å². The van der Waals surface area contributed by atoms with Crippen LogP contribution in [0.4, 0.5) is 4.39 Å². The molecule has 0 amide bonds. The number of alkyl halides is 2. The Bertz CT molecular complexity index is 64.6. The van der Waals surface area contributed by atoms with E-state index in [1.165, 1.54) is 0 Å². The van der Waals surface area contributed by atoms with Gasteiger partial charge in [0.05, 0.1) is 0 Å². The third kappa shape index (κ3) is 2.56. The van der Waals surface area contributed by atoms with Crippen LogP contribution in [0.15, 0.2) is 0 Å². The lowest BCUT2D eigenvalue weighted by atomic mass is 11.8. The zero-order valence-corrected chi connectivity index (χ0v) is 4.13. The molecule has 0 N–H and O–H groups in total. The van der Waals surface area contributed by atoms with Gasteiger partial charge in [-0.2, -0.15) is 0 Å². The van der Waals surface area contributed by atoms with E-state index in [4.69, 9.17) is 0 Å². The second-order valence-electron chi connectivity index (χ2n) is 0.521.